The van der Waals surface area contributed by atoms with E-state index in [1.807, 2.05) is 26.0 Å². The summed E-state index contributed by atoms with van der Waals surface area (Å²) in [5.74, 6) is -0.126. The van der Waals surface area contributed by atoms with Gasteiger partial charge in [-0.15, -0.1) is 0 Å². The molecule has 1 N–H and O–H groups in total. The number of fused-ring (bicyclic) bond motifs is 1. The second-order valence-electron chi connectivity index (χ2n) is 11.7. The minimum Gasteiger partial charge on any atom is -0.453 e. The summed E-state index contributed by atoms with van der Waals surface area (Å²) in [6.07, 6.45) is 1.68. The molecule has 7 heteroatoms. The van der Waals surface area contributed by atoms with Crippen molar-refractivity contribution in [2.75, 3.05) is 12.4 Å². The van der Waals surface area contributed by atoms with Gasteiger partial charge in [0.05, 0.1) is 7.11 Å². The number of aryl methyl sites for hydroxylation is 2. The van der Waals surface area contributed by atoms with Crippen LogP contribution in [0.15, 0.2) is 60.8 Å². The molecular weight excluding hydrogens is 514 g/mol. The van der Waals surface area contributed by atoms with Crippen LogP contribution in [0.4, 0.5) is 10.5 Å². The molecule has 6 nitrogen and oxygen atoms in total. The zero-order chi connectivity index (χ0) is 29.4. The Morgan fingerprint density at radius 2 is 1.45 bits per heavy atom. The number of hydrogen-bond donors (Lipinski definition) is 1. The van der Waals surface area contributed by atoms with E-state index in [1.165, 1.54) is 12.6 Å². The second kappa shape index (κ2) is 11.4. The molecule has 0 aliphatic carbocycles. The van der Waals surface area contributed by atoms with Crippen LogP contribution in [0.5, 0.6) is 0 Å². The van der Waals surface area contributed by atoms with Crippen molar-refractivity contribution < 1.29 is 14.3 Å². The van der Waals surface area contributed by atoms with Crippen molar-refractivity contribution in [3.8, 4) is 11.1 Å². The Morgan fingerprint density at radius 3 is 2.02 bits per heavy atom. The third-order valence-corrected chi connectivity index (χ3v) is 15.0. The maximum atomic E-state index is 13.7. The molecule has 0 radical (unpaired) electrons. The van der Waals surface area contributed by atoms with Crippen LogP contribution in [0, 0.1) is 13.8 Å². The van der Waals surface area contributed by atoms with Gasteiger partial charge in [0.25, 0.3) is 0 Å². The number of benzene rings is 2. The van der Waals surface area contributed by atoms with Gasteiger partial charge in [-0.25, -0.2) is 4.79 Å². The van der Waals surface area contributed by atoms with E-state index in [1.54, 1.807) is 18.2 Å². The summed E-state index contributed by atoms with van der Waals surface area (Å²) in [6.45, 7) is 18.0. The smallest absolute Gasteiger partial charge is 0.411 e. The van der Waals surface area contributed by atoms with Crippen LogP contribution in [-0.2, 0) is 4.74 Å². The monoisotopic (exact) mass is 555 g/mol. The second-order valence-corrected chi connectivity index (χ2v) is 17.4. The highest BCUT2D eigenvalue weighted by Crippen LogP contribution is 2.45. The molecule has 4 aromatic rings. The van der Waals surface area contributed by atoms with Gasteiger partial charge in [0.15, 0.2) is 14.0 Å². The number of rotatable bonds is 8. The number of nitrogens with zero attached hydrogens (tertiary/aromatic N) is 2. The van der Waals surface area contributed by atoms with Gasteiger partial charge in [-0.2, -0.15) is 0 Å². The Balaban J connectivity index is 1.94. The first kappa shape index (κ1) is 29.3. The highest BCUT2D eigenvalue weighted by Gasteiger charge is 2.45. The van der Waals surface area contributed by atoms with E-state index in [9.17, 15) is 9.59 Å². The van der Waals surface area contributed by atoms with E-state index in [0.29, 0.717) is 33.4 Å². The van der Waals surface area contributed by atoms with Crippen molar-refractivity contribution >= 4 is 36.7 Å². The molecule has 2 aromatic carbocycles. The molecule has 2 heterocycles. The van der Waals surface area contributed by atoms with Gasteiger partial charge >= 0.3 is 6.09 Å². The lowest BCUT2D eigenvalue weighted by Gasteiger charge is -2.44. The van der Waals surface area contributed by atoms with Crippen LogP contribution >= 0.6 is 0 Å². The SMILES string of the molecule is COC(=O)Nc1cc(C(=O)c2cc(C)nc(C)c2)cc(-c2cccc3c2ccn3[Si](C(C)C)(C(C)C)C(C)C)c1. The standard InChI is InChI=1S/C33H41N3O3Si/c1-20(2)40(21(3)4,22(5)6)36-14-13-30-29(11-10-12-31(30)36)25-17-27(19-28(18-25)35-33(38)39-9)32(37)26-15-23(7)34-24(8)16-26/h10-22H,1-9H3,(H,35,38). The first-order valence-corrected chi connectivity index (χ1v) is 16.2. The molecule has 0 spiro atoms. The Kier molecular flexibility index (Phi) is 8.35. The summed E-state index contributed by atoms with van der Waals surface area (Å²) in [6, 6.07) is 17.7. The van der Waals surface area contributed by atoms with E-state index < -0.39 is 14.3 Å². The molecule has 210 valence electrons. The molecule has 4 rings (SSSR count). The van der Waals surface area contributed by atoms with E-state index in [-0.39, 0.29) is 5.78 Å². The number of hydrogen-bond acceptors (Lipinski definition) is 4. The fourth-order valence-electron chi connectivity index (χ4n) is 6.88. The topological polar surface area (TPSA) is 73.2 Å². The summed E-state index contributed by atoms with van der Waals surface area (Å²) in [4.78, 5) is 30.3. The lowest BCUT2D eigenvalue weighted by atomic mass is 9.95. The van der Waals surface area contributed by atoms with Crippen molar-refractivity contribution in [1.29, 1.82) is 0 Å². The molecule has 0 unspecified atom stereocenters. The van der Waals surface area contributed by atoms with E-state index in [4.69, 9.17) is 4.74 Å². The molecular formula is C33H41N3O3Si. The lowest BCUT2D eigenvalue weighted by molar-refractivity contribution is 0.103. The first-order valence-electron chi connectivity index (χ1n) is 14.0. The summed E-state index contributed by atoms with van der Waals surface area (Å²) < 4.78 is 7.45. The van der Waals surface area contributed by atoms with Crippen molar-refractivity contribution in [3.63, 3.8) is 0 Å². The minimum atomic E-state index is -1.98. The molecule has 0 aliphatic heterocycles. The Bertz CT molecular complexity index is 1530. The van der Waals surface area contributed by atoms with Crippen LogP contribution in [0.3, 0.4) is 0 Å². The molecule has 0 fully saturated rings. The van der Waals surface area contributed by atoms with Gasteiger partial charge in [0.2, 0.25) is 0 Å². The quantitative estimate of drug-likeness (QED) is 0.174. The van der Waals surface area contributed by atoms with Gasteiger partial charge in [-0.1, -0.05) is 53.7 Å². The molecule has 0 saturated carbocycles. The molecule has 40 heavy (non-hydrogen) atoms. The number of carbonyl (C=O) groups excluding carboxylic acids is 2. The van der Waals surface area contributed by atoms with Crippen molar-refractivity contribution in [3.05, 3.63) is 83.3 Å². The van der Waals surface area contributed by atoms with Crippen molar-refractivity contribution in [2.45, 2.75) is 72.0 Å². The Morgan fingerprint density at radius 1 is 0.850 bits per heavy atom. The number of nitrogens with one attached hydrogen (secondary N) is 1. The summed E-state index contributed by atoms with van der Waals surface area (Å²) in [5, 5.41) is 3.90. The number of carbonyl (C=O) groups is 2. The summed E-state index contributed by atoms with van der Waals surface area (Å²) in [7, 11) is -0.653. The molecule has 0 saturated heterocycles. The number of ether oxygens (including phenoxy) is 1. The van der Waals surface area contributed by atoms with Crippen LogP contribution in [0.25, 0.3) is 22.0 Å². The lowest BCUT2D eigenvalue weighted by Crippen LogP contribution is -2.51. The van der Waals surface area contributed by atoms with Gasteiger partial charge in [0.1, 0.15) is 0 Å². The van der Waals surface area contributed by atoms with Crippen LogP contribution in [-0.4, -0.2) is 36.4 Å². The predicted molar refractivity (Wildman–Crippen MR) is 167 cm³/mol. The van der Waals surface area contributed by atoms with E-state index in [2.05, 4.69) is 86.5 Å². The number of ketones is 1. The number of methoxy groups -OCH3 is 1. The van der Waals surface area contributed by atoms with Crippen LogP contribution in [0.1, 0.15) is 68.9 Å². The fraction of sp³-hybridized carbons (Fsp3) is 0.364. The summed E-state index contributed by atoms with van der Waals surface area (Å²) >= 11 is 0. The number of aromatic nitrogens is 2. The summed E-state index contributed by atoms with van der Waals surface area (Å²) in [5.41, 5.74) is 7.86. The van der Waals surface area contributed by atoms with E-state index in [0.717, 1.165) is 27.9 Å². The molecule has 0 bridgehead atoms. The van der Waals surface area contributed by atoms with Gasteiger partial charge in [0, 0.05) is 39.1 Å². The Hall–Kier alpha value is -3.71. The zero-order valence-electron chi connectivity index (χ0n) is 25.1. The van der Waals surface area contributed by atoms with Crippen LogP contribution in [0.2, 0.25) is 16.6 Å². The maximum absolute atomic E-state index is 13.7. The minimum absolute atomic E-state index is 0.126. The van der Waals surface area contributed by atoms with Crippen LogP contribution < -0.4 is 5.32 Å². The van der Waals surface area contributed by atoms with Gasteiger partial charge in [-0.3, -0.25) is 15.1 Å². The normalized spacial score (nSPS) is 12.0. The number of anilines is 1. The van der Waals surface area contributed by atoms with E-state index >= 15 is 0 Å². The highest BCUT2D eigenvalue weighted by atomic mass is 28.3. The fourth-order valence-corrected chi connectivity index (χ4v) is 13.5. The molecule has 2 aromatic heterocycles. The molecule has 0 atom stereocenters. The maximum Gasteiger partial charge on any atom is 0.411 e. The average molecular weight is 556 g/mol. The van der Waals surface area contributed by atoms with Crippen molar-refractivity contribution in [1.82, 2.24) is 9.22 Å². The third-order valence-electron chi connectivity index (χ3n) is 8.21. The predicted octanol–water partition coefficient (Wildman–Crippen LogP) is 8.75. The zero-order valence-corrected chi connectivity index (χ0v) is 26.1. The number of amides is 1. The van der Waals surface area contributed by atoms with Gasteiger partial charge in [-0.05, 0) is 90.3 Å². The number of pyridine rings is 1. The molecule has 1 amide bonds. The van der Waals surface area contributed by atoms with Crippen molar-refractivity contribution in [2.24, 2.45) is 0 Å². The largest absolute Gasteiger partial charge is 0.453 e. The first-order chi connectivity index (χ1) is 18.9. The third kappa shape index (κ3) is 5.22. The highest BCUT2D eigenvalue weighted by molar-refractivity contribution is 6.82. The average Bonchev–Trinajstić information content (AvgIpc) is 3.31. The van der Waals surface area contributed by atoms with Gasteiger partial charge < -0.3 is 8.97 Å². The molecule has 0 aliphatic rings. The Labute approximate surface area is 238 Å².